The van der Waals surface area contributed by atoms with Gasteiger partial charge < -0.3 is 5.32 Å². The van der Waals surface area contributed by atoms with Crippen LogP contribution >= 0.6 is 11.3 Å². The summed E-state index contributed by atoms with van der Waals surface area (Å²) in [6.07, 6.45) is 1.74. The number of hydrogen-bond acceptors (Lipinski definition) is 3. The van der Waals surface area contributed by atoms with E-state index in [2.05, 4.69) is 15.8 Å². The summed E-state index contributed by atoms with van der Waals surface area (Å²) in [5, 5.41) is 3.99. The lowest BCUT2D eigenvalue weighted by Crippen LogP contribution is -1.80. The van der Waals surface area contributed by atoms with Crippen LogP contribution in [-0.4, -0.2) is 12.0 Å². The highest BCUT2D eigenvalue weighted by molar-refractivity contribution is 7.13. The minimum absolute atomic E-state index is 1.06. The molecule has 0 aliphatic carbocycles. The zero-order valence-corrected chi connectivity index (χ0v) is 4.75. The van der Waals surface area contributed by atoms with E-state index < -0.39 is 0 Å². The van der Waals surface area contributed by atoms with E-state index in [4.69, 9.17) is 0 Å². The Kier molecular flexibility index (Phi) is 1.26. The van der Waals surface area contributed by atoms with Crippen molar-refractivity contribution >= 4 is 16.3 Å². The Bertz CT molecular complexity index is 124. The van der Waals surface area contributed by atoms with Crippen molar-refractivity contribution in [2.75, 3.05) is 12.4 Å². The summed E-state index contributed by atoms with van der Waals surface area (Å²) >= 11 is 1.48. The monoisotopic (exact) mass is 113 g/mol. The summed E-state index contributed by atoms with van der Waals surface area (Å²) in [4.78, 5) is 3.72. The van der Waals surface area contributed by atoms with Crippen LogP contribution in [0.2, 0.25) is 0 Å². The smallest absolute Gasteiger partial charge is 0.154 e. The van der Waals surface area contributed by atoms with E-state index in [1.807, 2.05) is 7.05 Å². The average molecular weight is 113 g/mol. The Labute approximate surface area is 46.2 Å². The fraction of sp³-hybridized carbons (Fsp3) is 0.250. The molecule has 2 nitrogen and oxygen atoms in total. The number of rotatable bonds is 1. The number of nitrogens with zero attached hydrogens (tertiary/aromatic N) is 1. The molecule has 1 heterocycles. The first-order chi connectivity index (χ1) is 3.43. The lowest BCUT2D eigenvalue weighted by atomic mass is 10.8. The van der Waals surface area contributed by atoms with Gasteiger partial charge in [0, 0.05) is 7.05 Å². The van der Waals surface area contributed by atoms with Gasteiger partial charge in [-0.2, -0.15) is 0 Å². The molecule has 0 saturated heterocycles. The zero-order chi connectivity index (χ0) is 5.11. The van der Waals surface area contributed by atoms with Crippen molar-refractivity contribution in [3.8, 4) is 0 Å². The predicted octanol–water partition coefficient (Wildman–Crippen LogP) is 0.985. The number of thiazole rings is 1. The van der Waals surface area contributed by atoms with Gasteiger partial charge in [0.25, 0.3) is 0 Å². The van der Waals surface area contributed by atoms with Crippen molar-refractivity contribution in [2.24, 2.45) is 0 Å². The maximum absolute atomic E-state index is 3.72. The van der Waals surface area contributed by atoms with Crippen LogP contribution in [0.1, 0.15) is 0 Å². The molecule has 0 amide bonds. The molecule has 0 saturated carbocycles. The van der Waals surface area contributed by atoms with Crippen LogP contribution < -0.4 is 5.32 Å². The largest absolute Gasteiger partial charge is 0.379 e. The van der Waals surface area contributed by atoms with Gasteiger partial charge >= 0.3 is 0 Å². The van der Waals surface area contributed by atoms with Gasteiger partial charge in [-0.05, 0) is 0 Å². The van der Waals surface area contributed by atoms with Crippen molar-refractivity contribution in [3.63, 3.8) is 0 Å². The molecule has 1 radical (unpaired) electrons. The van der Waals surface area contributed by atoms with Gasteiger partial charge in [0.2, 0.25) is 0 Å². The number of aromatic nitrogens is 1. The number of hydrogen-bond donors (Lipinski definition) is 1. The SMILES string of the molecule is CNc1cn[c]s1. The summed E-state index contributed by atoms with van der Waals surface area (Å²) in [6.45, 7) is 0. The van der Waals surface area contributed by atoms with Crippen LogP contribution in [0, 0.1) is 5.51 Å². The quantitative estimate of drug-likeness (QED) is 0.587. The maximum Gasteiger partial charge on any atom is 0.154 e. The molecule has 0 atom stereocenters. The lowest BCUT2D eigenvalue weighted by molar-refractivity contribution is 1.40. The molecule has 1 rings (SSSR count). The fourth-order valence-corrected chi connectivity index (χ4v) is 0.714. The molecular weight excluding hydrogens is 108 g/mol. The molecule has 0 unspecified atom stereocenters. The Balaban J connectivity index is 2.76. The predicted molar refractivity (Wildman–Crippen MR) is 30.5 cm³/mol. The molecule has 0 aliphatic rings. The van der Waals surface area contributed by atoms with Crippen molar-refractivity contribution in [3.05, 3.63) is 11.7 Å². The Morgan fingerprint density at radius 2 is 2.86 bits per heavy atom. The topological polar surface area (TPSA) is 24.9 Å². The van der Waals surface area contributed by atoms with Gasteiger partial charge in [0.05, 0.1) is 6.20 Å². The molecule has 1 N–H and O–H groups in total. The second kappa shape index (κ2) is 1.93. The molecule has 7 heavy (non-hydrogen) atoms. The molecule has 0 bridgehead atoms. The zero-order valence-electron chi connectivity index (χ0n) is 3.93. The van der Waals surface area contributed by atoms with E-state index in [1.54, 1.807) is 6.20 Å². The molecule has 1 aromatic heterocycles. The van der Waals surface area contributed by atoms with Crippen LogP contribution in [0.5, 0.6) is 0 Å². The van der Waals surface area contributed by atoms with E-state index in [0.29, 0.717) is 0 Å². The molecule has 0 aliphatic heterocycles. The summed E-state index contributed by atoms with van der Waals surface area (Å²) in [5.41, 5.74) is 2.71. The van der Waals surface area contributed by atoms with Gasteiger partial charge in [-0.15, -0.1) is 0 Å². The van der Waals surface area contributed by atoms with E-state index in [-0.39, 0.29) is 0 Å². The normalized spacial score (nSPS) is 8.71. The van der Waals surface area contributed by atoms with Crippen LogP contribution in [0.3, 0.4) is 0 Å². The lowest BCUT2D eigenvalue weighted by Gasteiger charge is -1.84. The van der Waals surface area contributed by atoms with E-state index in [1.165, 1.54) is 11.3 Å². The average Bonchev–Trinajstić information content (AvgIpc) is 2.14. The third kappa shape index (κ3) is 0.899. The second-order valence-electron chi connectivity index (χ2n) is 1.07. The first kappa shape index (κ1) is 4.59. The van der Waals surface area contributed by atoms with Crippen molar-refractivity contribution < 1.29 is 0 Å². The minimum atomic E-state index is 1.06. The van der Waals surface area contributed by atoms with Crippen molar-refractivity contribution in [1.29, 1.82) is 0 Å². The van der Waals surface area contributed by atoms with E-state index in [9.17, 15) is 0 Å². The van der Waals surface area contributed by atoms with E-state index in [0.717, 1.165) is 5.00 Å². The highest BCUT2D eigenvalue weighted by atomic mass is 32.1. The third-order valence-corrected chi connectivity index (χ3v) is 1.36. The maximum atomic E-state index is 3.72. The Morgan fingerprint density at radius 1 is 2.00 bits per heavy atom. The first-order valence-electron chi connectivity index (χ1n) is 1.93. The fourth-order valence-electron chi connectivity index (χ4n) is 0.302. The van der Waals surface area contributed by atoms with Crippen LogP contribution in [0.4, 0.5) is 5.00 Å². The number of nitrogens with one attached hydrogen (secondary N) is 1. The van der Waals surface area contributed by atoms with Gasteiger partial charge in [0.15, 0.2) is 5.51 Å². The first-order valence-corrected chi connectivity index (χ1v) is 2.75. The molecule has 0 fully saturated rings. The molecular formula is C4H5N2S. The van der Waals surface area contributed by atoms with Crippen LogP contribution in [0.25, 0.3) is 0 Å². The molecule has 3 heteroatoms. The summed E-state index contributed by atoms with van der Waals surface area (Å²) in [6, 6.07) is 0. The Hall–Kier alpha value is -0.570. The van der Waals surface area contributed by atoms with Gasteiger partial charge in [-0.25, -0.2) is 4.98 Å². The number of anilines is 1. The standard InChI is InChI=1S/C4H5N2S/c1-5-4-2-6-3-7-4/h2,5H,1H3. The highest BCUT2D eigenvalue weighted by Crippen LogP contribution is 2.08. The molecule has 0 spiro atoms. The van der Waals surface area contributed by atoms with E-state index >= 15 is 0 Å². The highest BCUT2D eigenvalue weighted by Gasteiger charge is 1.83. The third-order valence-electron chi connectivity index (χ3n) is 0.637. The van der Waals surface area contributed by atoms with Gasteiger partial charge in [0.1, 0.15) is 5.00 Å². The van der Waals surface area contributed by atoms with Gasteiger partial charge in [-0.1, -0.05) is 11.3 Å². The summed E-state index contributed by atoms with van der Waals surface area (Å²) in [5.74, 6) is 0. The van der Waals surface area contributed by atoms with Crippen molar-refractivity contribution in [1.82, 2.24) is 4.98 Å². The molecule has 1 aromatic rings. The van der Waals surface area contributed by atoms with Gasteiger partial charge in [-0.3, -0.25) is 0 Å². The van der Waals surface area contributed by atoms with Crippen molar-refractivity contribution in [2.45, 2.75) is 0 Å². The van der Waals surface area contributed by atoms with Crippen LogP contribution in [0.15, 0.2) is 6.20 Å². The minimum Gasteiger partial charge on any atom is -0.379 e. The van der Waals surface area contributed by atoms with Crippen LogP contribution in [-0.2, 0) is 0 Å². The summed E-state index contributed by atoms with van der Waals surface area (Å²) in [7, 11) is 1.86. The molecule has 0 aromatic carbocycles. The molecule has 37 valence electrons. The second-order valence-corrected chi connectivity index (χ2v) is 1.89. The summed E-state index contributed by atoms with van der Waals surface area (Å²) < 4.78 is 0. The Morgan fingerprint density at radius 3 is 3.14 bits per heavy atom.